The van der Waals surface area contributed by atoms with Gasteiger partial charge in [-0.1, -0.05) is 0 Å². The van der Waals surface area contributed by atoms with Gasteiger partial charge >= 0.3 is 5.97 Å². The minimum atomic E-state index is -1.00. The van der Waals surface area contributed by atoms with Gasteiger partial charge in [0.1, 0.15) is 6.04 Å². The number of nitrogens with one attached hydrogen (secondary N) is 3. The number of hydrogen-bond donors (Lipinski definition) is 6. The molecule has 9 heteroatoms. The summed E-state index contributed by atoms with van der Waals surface area (Å²) in [6, 6.07) is -0.821. The van der Waals surface area contributed by atoms with Crippen LogP contribution in [0.25, 0.3) is 0 Å². The molecule has 0 bridgehead atoms. The Morgan fingerprint density at radius 2 is 2.39 bits per heavy atom. The second kappa shape index (κ2) is 8.93. The highest BCUT2D eigenvalue weighted by atomic mass is 16.4. The number of aliphatic imine (C=N–C) groups is 1. The third-order valence-electron chi connectivity index (χ3n) is 1.88. The fourth-order valence-electron chi connectivity index (χ4n) is 0.965. The SMILES string of the molecule is N=C(N)NCCCC(N)C(=O)O.O=C1CNC=N1. The van der Waals surface area contributed by atoms with E-state index in [-0.39, 0.29) is 11.9 Å². The van der Waals surface area contributed by atoms with Gasteiger partial charge in [-0.25, -0.2) is 4.99 Å². The monoisotopic (exact) mass is 258 g/mol. The fourth-order valence-corrected chi connectivity index (χ4v) is 0.965. The Balaban J connectivity index is 0.000000397. The number of hydrogen-bond acceptors (Lipinski definition) is 5. The van der Waals surface area contributed by atoms with E-state index in [9.17, 15) is 9.59 Å². The Morgan fingerprint density at radius 1 is 1.72 bits per heavy atom. The third-order valence-corrected chi connectivity index (χ3v) is 1.88. The van der Waals surface area contributed by atoms with E-state index in [4.69, 9.17) is 22.0 Å². The first-order valence-corrected chi connectivity index (χ1v) is 5.28. The van der Waals surface area contributed by atoms with Gasteiger partial charge in [0.05, 0.1) is 12.9 Å². The predicted octanol–water partition coefficient (Wildman–Crippen LogP) is -2.19. The van der Waals surface area contributed by atoms with Gasteiger partial charge in [0.15, 0.2) is 5.96 Å². The maximum Gasteiger partial charge on any atom is 0.320 e. The first kappa shape index (κ1) is 15.8. The maximum absolute atomic E-state index is 10.2. The van der Waals surface area contributed by atoms with Crippen LogP contribution in [0.2, 0.25) is 0 Å². The number of carboxylic acid groups (broad SMARTS) is 1. The van der Waals surface area contributed by atoms with E-state index in [2.05, 4.69) is 15.6 Å². The van der Waals surface area contributed by atoms with Crippen molar-refractivity contribution in [3.8, 4) is 0 Å². The molecule has 0 aliphatic carbocycles. The molecule has 18 heavy (non-hydrogen) atoms. The number of nitrogens with zero attached hydrogens (tertiary/aromatic N) is 1. The molecule has 0 saturated heterocycles. The van der Waals surface area contributed by atoms with Crippen molar-refractivity contribution >= 4 is 24.2 Å². The summed E-state index contributed by atoms with van der Waals surface area (Å²) in [6.07, 6.45) is 2.38. The van der Waals surface area contributed by atoms with Crippen molar-refractivity contribution in [3.63, 3.8) is 0 Å². The van der Waals surface area contributed by atoms with Crippen LogP contribution in [0.1, 0.15) is 12.8 Å². The van der Waals surface area contributed by atoms with Crippen molar-refractivity contribution in [3.05, 3.63) is 0 Å². The van der Waals surface area contributed by atoms with Crippen LogP contribution < -0.4 is 22.1 Å². The Morgan fingerprint density at radius 3 is 2.72 bits per heavy atom. The second-order valence-electron chi connectivity index (χ2n) is 3.46. The molecule has 1 aliphatic rings. The Hall–Kier alpha value is -2.16. The van der Waals surface area contributed by atoms with E-state index in [1.807, 2.05) is 0 Å². The lowest BCUT2D eigenvalue weighted by Gasteiger charge is -2.06. The summed E-state index contributed by atoms with van der Waals surface area (Å²) in [7, 11) is 0. The van der Waals surface area contributed by atoms with Crippen LogP contribution in [0, 0.1) is 5.41 Å². The van der Waals surface area contributed by atoms with Crippen molar-refractivity contribution in [1.29, 1.82) is 5.41 Å². The van der Waals surface area contributed by atoms with Gasteiger partial charge in [0.2, 0.25) is 0 Å². The van der Waals surface area contributed by atoms with Crippen LogP contribution >= 0.6 is 0 Å². The fraction of sp³-hybridized carbons (Fsp3) is 0.556. The average Bonchev–Trinajstić information content (AvgIpc) is 2.75. The molecular formula is C9H18N6O3. The summed E-state index contributed by atoms with van der Waals surface area (Å²) in [4.78, 5) is 23.6. The smallest absolute Gasteiger partial charge is 0.320 e. The number of rotatable bonds is 5. The summed E-state index contributed by atoms with van der Waals surface area (Å²) in [6.45, 7) is 0.857. The molecule has 8 N–H and O–H groups in total. The second-order valence-corrected chi connectivity index (χ2v) is 3.46. The van der Waals surface area contributed by atoms with Crippen molar-refractivity contribution in [1.82, 2.24) is 10.6 Å². The molecular weight excluding hydrogens is 240 g/mol. The molecule has 0 fully saturated rings. The molecule has 0 saturated carbocycles. The van der Waals surface area contributed by atoms with Gasteiger partial charge in [-0.3, -0.25) is 15.0 Å². The third kappa shape index (κ3) is 9.09. The summed E-state index contributed by atoms with van der Waals surface area (Å²) < 4.78 is 0. The predicted molar refractivity (Wildman–Crippen MR) is 66.3 cm³/mol. The summed E-state index contributed by atoms with van der Waals surface area (Å²) >= 11 is 0. The van der Waals surface area contributed by atoms with E-state index in [1.165, 1.54) is 6.34 Å². The molecule has 102 valence electrons. The zero-order valence-electron chi connectivity index (χ0n) is 9.85. The van der Waals surface area contributed by atoms with E-state index in [0.29, 0.717) is 25.9 Å². The van der Waals surface area contributed by atoms with Crippen LogP contribution in [0.3, 0.4) is 0 Å². The first-order valence-electron chi connectivity index (χ1n) is 5.28. The van der Waals surface area contributed by atoms with E-state index >= 15 is 0 Å². The molecule has 1 aliphatic heterocycles. The van der Waals surface area contributed by atoms with Crippen LogP contribution in [0.15, 0.2) is 4.99 Å². The van der Waals surface area contributed by atoms with Gasteiger partial charge in [0, 0.05) is 6.54 Å². The van der Waals surface area contributed by atoms with Gasteiger partial charge in [0.25, 0.3) is 5.91 Å². The zero-order valence-corrected chi connectivity index (χ0v) is 9.85. The molecule has 1 amide bonds. The average molecular weight is 258 g/mol. The molecule has 0 aromatic rings. The highest BCUT2D eigenvalue weighted by molar-refractivity contribution is 5.91. The quantitative estimate of drug-likeness (QED) is 0.185. The number of carbonyl (C=O) groups excluding carboxylic acids is 1. The Labute approximate surface area is 104 Å². The van der Waals surface area contributed by atoms with E-state index in [1.54, 1.807) is 0 Å². The number of aliphatic carboxylic acids is 1. The molecule has 1 heterocycles. The Bertz CT molecular complexity index is 330. The van der Waals surface area contributed by atoms with Crippen molar-refractivity contribution in [2.75, 3.05) is 13.1 Å². The number of carbonyl (C=O) groups is 2. The first-order chi connectivity index (χ1) is 8.43. The zero-order chi connectivity index (χ0) is 14.0. The number of carboxylic acids is 1. The molecule has 1 rings (SSSR count). The lowest BCUT2D eigenvalue weighted by molar-refractivity contribution is -0.138. The molecule has 0 radical (unpaired) electrons. The lowest BCUT2D eigenvalue weighted by atomic mass is 10.2. The molecule has 1 unspecified atom stereocenters. The molecule has 0 spiro atoms. The number of amides is 1. The number of guanidine groups is 1. The topological polar surface area (TPSA) is 167 Å². The molecule has 1 atom stereocenters. The maximum atomic E-state index is 10.2. The minimum Gasteiger partial charge on any atom is -0.480 e. The van der Waals surface area contributed by atoms with Gasteiger partial charge in [-0.2, -0.15) is 0 Å². The highest BCUT2D eigenvalue weighted by Gasteiger charge is 2.09. The van der Waals surface area contributed by atoms with Crippen molar-refractivity contribution in [2.45, 2.75) is 18.9 Å². The van der Waals surface area contributed by atoms with Gasteiger partial charge < -0.3 is 27.2 Å². The summed E-state index contributed by atoms with van der Waals surface area (Å²) in [5.74, 6) is -1.20. The van der Waals surface area contributed by atoms with Crippen LogP contribution in [0.5, 0.6) is 0 Å². The number of nitrogens with two attached hydrogens (primary N) is 2. The molecule has 0 aromatic heterocycles. The Kier molecular flexibility index (Phi) is 7.86. The van der Waals surface area contributed by atoms with Gasteiger partial charge in [-0.05, 0) is 12.8 Å². The highest BCUT2D eigenvalue weighted by Crippen LogP contribution is 1.92. The largest absolute Gasteiger partial charge is 0.480 e. The van der Waals surface area contributed by atoms with E-state index in [0.717, 1.165) is 0 Å². The van der Waals surface area contributed by atoms with Crippen LogP contribution in [-0.2, 0) is 9.59 Å². The lowest BCUT2D eigenvalue weighted by Crippen LogP contribution is -2.34. The van der Waals surface area contributed by atoms with Crippen molar-refractivity contribution in [2.24, 2.45) is 16.5 Å². The van der Waals surface area contributed by atoms with Crippen LogP contribution in [-0.4, -0.2) is 48.4 Å². The van der Waals surface area contributed by atoms with Crippen LogP contribution in [0.4, 0.5) is 0 Å². The summed E-state index contributed by atoms with van der Waals surface area (Å²) in [5.41, 5.74) is 10.2. The standard InChI is InChI=1S/C6H14N4O2.C3H4N2O/c7-4(5(11)12)2-1-3-10-6(8)9;6-3-1-4-2-5-3/h4H,1-3,7H2,(H,11,12)(H4,8,9,10);2H,1H2,(H,4,5,6). The minimum absolute atomic E-state index is 0.0880. The van der Waals surface area contributed by atoms with Gasteiger partial charge in [-0.15, -0.1) is 0 Å². The molecule has 0 aromatic carbocycles. The summed E-state index contributed by atoms with van der Waals surface area (Å²) in [5, 5.41) is 20.3. The molecule has 9 nitrogen and oxygen atoms in total. The van der Waals surface area contributed by atoms with Crippen molar-refractivity contribution < 1.29 is 14.7 Å². The normalized spacial score (nSPS) is 14.2. The van der Waals surface area contributed by atoms with E-state index < -0.39 is 12.0 Å².